The Morgan fingerprint density at radius 2 is 1.93 bits per heavy atom. The number of rotatable bonds is 7. The molecule has 0 aliphatic heterocycles. The summed E-state index contributed by atoms with van der Waals surface area (Å²) in [4.78, 5) is 22.5. The molecule has 1 amide bonds. The summed E-state index contributed by atoms with van der Waals surface area (Å²) in [5, 5.41) is 11.3. The summed E-state index contributed by atoms with van der Waals surface area (Å²) in [7, 11) is 0. The lowest BCUT2D eigenvalue weighted by atomic mass is 9.97. The average Bonchev–Trinajstić information content (AvgIpc) is 2.67. The third-order valence-electron chi connectivity index (χ3n) is 4.27. The van der Waals surface area contributed by atoms with Crippen LogP contribution in [0, 0.1) is 12.3 Å². The fourth-order valence-electron chi connectivity index (χ4n) is 2.71. The lowest BCUT2D eigenvalue weighted by Crippen LogP contribution is -2.40. The number of carbonyl (C=O) groups is 2. The number of unbranched alkanes of at least 4 members (excludes halogenated alkanes) is 1. The Morgan fingerprint density at radius 1 is 1.26 bits per heavy atom. The van der Waals surface area contributed by atoms with Crippen molar-refractivity contribution in [1.82, 2.24) is 5.32 Å². The lowest BCUT2D eigenvalue weighted by molar-refractivity contribution is -0.139. The van der Waals surface area contributed by atoms with Gasteiger partial charge in [0, 0.05) is 12.5 Å². The van der Waals surface area contributed by atoms with E-state index in [9.17, 15) is 9.59 Å². The monoisotopic (exact) mass is 374 g/mol. The molecule has 6 nitrogen and oxygen atoms in total. The Labute approximate surface area is 161 Å². The molecule has 0 heterocycles. The highest BCUT2D eigenvalue weighted by Gasteiger charge is 2.19. The first-order valence-electron chi connectivity index (χ1n) is 9.42. The van der Waals surface area contributed by atoms with Gasteiger partial charge in [0.25, 0.3) is 0 Å². The third-order valence-corrected chi connectivity index (χ3v) is 4.27. The second kappa shape index (κ2) is 13.7. The molecule has 1 aromatic rings. The molecular formula is C21H30N2O4. The number of hydrogen-bond acceptors (Lipinski definition) is 4. The van der Waals surface area contributed by atoms with Gasteiger partial charge in [-0.2, -0.15) is 0 Å². The number of ether oxygens (including phenoxy) is 1. The maximum atomic E-state index is 11.5. The molecule has 0 saturated heterocycles. The number of carboxylic acids is 1. The van der Waals surface area contributed by atoms with Crippen molar-refractivity contribution >= 4 is 12.1 Å². The van der Waals surface area contributed by atoms with E-state index in [0.717, 1.165) is 5.56 Å². The van der Waals surface area contributed by atoms with Gasteiger partial charge in [-0.05, 0) is 31.2 Å². The predicted molar refractivity (Wildman–Crippen MR) is 105 cm³/mol. The zero-order valence-electron chi connectivity index (χ0n) is 15.7. The zero-order chi connectivity index (χ0) is 19.9. The number of carbonyl (C=O) groups excluding carboxylic acids is 1. The molecular weight excluding hydrogens is 344 g/mol. The van der Waals surface area contributed by atoms with Crippen LogP contribution in [0.4, 0.5) is 4.79 Å². The normalized spacial score (nSPS) is 14.8. The van der Waals surface area contributed by atoms with Crippen molar-refractivity contribution in [3.63, 3.8) is 0 Å². The van der Waals surface area contributed by atoms with Crippen molar-refractivity contribution in [2.24, 2.45) is 5.73 Å². The second-order valence-corrected chi connectivity index (χ2v) is 6.59. The van der Waals surface area contributed by atoms with Crippen LogP contribution in [0.2, 0.25) is 0 Å². The van der Waals surface area contributed by atoms with E-state index in [1.165, 1.54) is 32.1 Å². The van der Waals surface area contributed by atoms with Gasteiger partial charge in [0.2, 0.25) is 0 Å². The SMILES string of the molecule is C#CCCCC(NC(=O)OCc1ccccc1)C(=O)O.NC1CCCCC1. The van der Waals surface area contributed by atoms with Crippen molar-refractivity contribution in [2.75, 3.05) is 0 Å². The van der Waals surface area contributed by atoms with Gasteiger partial charge < -0.3 is 20.9 Å². The Morgan fingerprint density at radius 3 is 2.44 bits per heavy atom. The molecule has 148 valence electrons. The van der Waals surface area contributed by atoms with E-state index in [-0.39, 0.29) is 13.0 Å². The highest BCUT2D eigenvalue weighted by molar-refractivity contribution is 5.79. The van der Waals surface area contributed by atoms with Crippen molar-refractivity contribution in [3.8, 4) is 12.3 Å². The molecule has 1 fully saturated rings. The summed E-state index contributed by atoms with van der Waals surface area (Å²) in [5.74, 6) is 1.33. The smallest absolute Gasteiger partial charge is 0.408 e. The van der Waals surface area contributed by atoms with E-state index < -0.39 is 18.1 Å². The van der Waals surface area contributed by atoms with Crippen molar-refractivity contribution < 1.29 is 19.4 Å². The number of aliphatic carboxylic acids is 1. The van der Waals surface area contributed by atoms with Gasteiger partial charge in [-0.3, -0.25) is 0 Å². The quantitative estimate of drug-likeness (QED) is 0.501. The van der Waals surface area contributed by atoms with Crippen molar-refractivity contribution in [2.45, 2.75) is 70.1 Å². The molecule has 0 bridgehead atoms. The number of hydrogen-bond donors (Lipinski definition) is 3. The Hall–Kier alpha value is -2.52. The van der Waals surface area contributed by atoms with E-state index in [4.69, 9.17) is 22.0 Å². The fraction of sp³-hybridized carbons (Fsp3) is 0.524. The minimum Gasteiger partial charge on any atom is -0.480 e. The highest BCUT2D eigenvalue weighted by Crippen LogP contribution is 2.14. The molecule has 6 heteroatoms. The lowest BCUT2D eigenvalue weighted by Gasteiger charge is -2.15. The van der Waals surface area contributed by atoms with Gasteiger partial charge in [-0.1, -0.05) is 49.6 Å². The van der Waals surface area contributed by atoms with Crippen LogP contribution < -0.4 is 11.1 Å². The molecule has 0 aromatic heterocycles. The van der Waals surface area contributed by atoms with Crippen LogP contribution in [0.15, 0.2) is 30.3 Å². The van der Waals surface area contributed by atoms with Crippen molar-refractivity contribution in [3.05, 3.63) is 35.9 Å². The van der Waals surface area contributed by atoms with E-state index in [1.807, 2.05) is 30.3 Å². The standard InChI is InChI=1S/C15H17NO4.C6H13N/c1-2-3-5-10-13(14(17)18)16-15(19)20-11-12-8-6-4-7-9-12;7-6-4-2-1-3-5-6/h1,4,6-9,13H,3,5,10-11H2,(H,16,19)(H,17,18);6H,1-5,7H2. The van der Waals surface area contributed by atoms with Gasteiger partial charge in [0.05, 0.1) is 0 Å². The summed E-state index contributed by atoms with van der Waals surface area (Å²) in [6, 6.07) is 8.70. The fourth-order valence-corrected chi connectivity index (χ4v) is 2.71. The van der Waals surface area contributed by atoms with Gasteiger partial charge >= 0.3 is 12.1 Å². The van der Waals surface area contributed by atoms with Gasteiger partial charge in [0.15, 0.2) is 0 Å². The van der Waals surface area contributed by atoms with Crippen LogP contribution in [-0.2, 0) is 16.1 Å². The Bertz CT molecular complexity index is 592. The predicted octanol–water partition coefficient (Wildman–Crippen LogP) is 3.45. The number of alkyl carbamates (subject to hydrolysis) is 1. The number of amides is 1. The van der Waals surface area contributed by atoms with Crippen LogP contribution in [-0.4, -0.2) is 29.3 Å². The first kappa shape index (κ1) is 22.5. The molecule has 4 N–H and O–H groups in total. The third kappa shape index (κ3) is 10.9. The number of carboxylic acid groups (broad SMARTS) is 1. The van der Waals surface area contributed by atoms with Gasteiger partial charge in [-0.25, -0.2) is 9.59 Å². The van der Waals surface area contributed by atoms with E-state index in [0.29, 0.717) is 18.9 Å². The zero-order valence-corrected chi connectivity index (χ0v) is 15.7. The van der Waals surface area contributed by atoms with Crippen LogP contribution in [0.1, 0.15) is 56.9 Å². The number of benzene rings is 1. The molecule has 2 rings (SSSR count). The van der Waals surface area contributed by atoms with Crippen molar-refractivity contribution in [1.29, 1.82) is 0 Å². The maximum Gasteiger partial charge on any atom is 0.408 e. The summed E-state index contributed by atoms with van der Waals surface area (Å²) in [6.07, 6.45) is 12.3. The van der Waals surface area contributed by atoms with Crippen LogP contribution in [0.3, 0.4) is 0 Å². The summed E-state index contributed by atoms with van der Waals surface area (Å²) >= 11 is 0. The van der Waals surface area contributed by atoms with E-state index in [1.54, 1.807) is 0 Å². The number of nitrogens with two attached hydrogens (primary N) is 1. The molecule has 1 unspecified atom stereocenters. The molecule has 1 saturated carbocycles. The minimum absolute atomic E-state index is 0.101. The Balaban J connectivity index is 0.000000433. The maximum absolute atomic E-state index is 11.5. The van der Waals surface area contributed by atoms with E-state index in [2.05, 4.69) is 11.2 Å². The first-order valence-corrected chi connectivity index (χ1v) is 9.42. The van der Waals surface area contributed by atoms with Gasteiger partial charge in [-0.15, -0.1) is 12.3 Å². The largest absolute Gasteiger partial charge is 0.480 e. The molecule has 1 atom stereocenters. The molecule has 0 radical (unpaired) electrons. The van der Waals surface area contributed by atoms with Crippen LogP contribution >= 0.6 is 0 Å². The number of nitrogens with one attached hydrogen (secondary N) is 1. The van der Waals surface area contributed by atoms with Crippen LogP contribution in [0.25, 0.3) is 0 Å². The highest BCUT2D eigenvalue weighted by atomic mass is 16.5. The molecule has 1 aliphatic carbocycles. The first-order chi connectivity index (χ1) is 13.0. The van der Waals surface area contributed by atoms with Crippen LogP contribution in [0.5, 0.6) is 0 Å². The summed E-state index contributed by atoms with van der Waals surface area (Å²) in [5.41, 5.74) is 6.47. The summed E-state index contributed by atoms with van der Waals surface area (Å²) in [6.45, 7) is 0.101. The van der Waals surface area contributed by atoms with Gasteiger partial charge in [0.1, 0.15) is 12.6 Å². The topological polar surface area (TPSA) is 102 Å². The molecule has 1 aliphatic rings. The minimum atomic E-state index is -1.10. The average molecular weight is 374 g/mol. The van der Waals surface area contributed by atoms with E-state index >= 15 is 0 Å². The Kier molecular flexibility index (Phi) is 11.4. The molecule has 27 heavy (non-hydrogen) atoms. The second-order valence-electron chi connectivity index (χ2n) is 6.59. The molecule has 1 aromatic carbocycles. The number of terminal acetylenes is 1. The molecule has 0 spiro atoms. The summed E-state index contributed by atoms with van der Waals surface area (Å²) < 4.78 is 4.96.